The molecule has 1 aromatic carbocycles. The third-order valence-electron chi connectivity index (χ3n) is 4.27. The van der Waals surface area contributed by atoms with Crippen LogP contribution in [0.4, 0.5) is 0 Å². The van der Waals surface area contributed by atoms with Crippen molar-refractivity contribution in [3.63, 3.8) is 0 Å². The standard InChI is InChI=1S/C21H32O4/c1-15(2)9-5-6-10-17(14-13-16(3)4)25-21(24)19-12-8-7-11-18(19)20(22)23/h7-8,11-12,15-17H,5-6,9-10,13-14H2,1-4H3,(H,22,23). The van der Waals surface area contributed by atoms with Gasteiger partial charge in [-0.25, -0.2) is 9.59 Å². The van der Waals surface area contributed by atoms with Crippen LogP contribution in [0, 0.1) is 11.8 Å². The summed E-state index contributed by atoms with van der Waals surface area (Å²) < 4.78 is 5.68. The molecule has 0 bridgehead atoms. The molecule has 4 nitrogen and oxygen atoms in total. The molecule has 0 aromatic heterocycles. The molecule has 1 N–H and O–H groups in total. The number of carbonyl (C=O) groups is 2. The Morgan fingerprint density at radius 1 is 0.880 bits per heavy atom. The predicted molar refractivity (Wildman–Crippen MR) is 100.0 cm³/mol. The summed E-state index contributed by atoms with van der Waals surface area (Å²) in [5.41, 5.74) is 0.127. The average Bonchev–Trinajstić information content (AvgIpc) is 2.55. The molecule has 0 radical (unpaired) electrons. The van der Waals surface area contributed by atoms with Crippen LogP contribution in [0.2, 0.25) is 0 Å². The van der Waals surface area contributed by atoms with Gasteiger partial charge >= 0.3 is 11.9 Å². The molecular formula is C21H32O4. The highest BCUT2D eigenvalue weighted by atomic mass is 16.5. The number of unbranched alkanes of at least 4 members (excludes halogenated alkanes) is 1. The molecule has 0 amide bonds. The summed E-state index contributed by atoms with van der Waals surface area (Å²) in [6.45, 7) is 8.72. The highest BCUT2D eigenvalue weighted by molar-refractivity contribution is 6.02. The van der Waals surface area contributed by atoms with E-state index in [1.807, 2.05) is 0 Å². The maximum Gasteiger partial charge on any atom is 0.339 e. The van der Waals surface area contributed by atoms with Crippen molar-refractivity contribution in [3.05, 3.63) is 35.4 Å². The van der Waals surface area contributed by atoms with Crippen LogP contribution in [0.25, 0.3) is 0 Å². The highest BCUT2D eigenvalue weighted by Gasteiger charge is 2.21. The van der Waals surface area contributed by atoms with Crippen molar-refractivity contribution in [2.45, 2.75) is 72.3 Å². The van der Waals surface area contributed by atoms with Gasteiger partial charge in [-0.3, -0.25) is 0 Å². The van der Waals surface area contributed by atoms with Gasteiger partial charge < -0.3 is 9.84 Å². The third kappa shape index (κ3) is 8.19. The van der Waals surface area contributed by atoms with Gasteiger partial charge in [0.25, 0.3) is 0 Å². The van der Waals surface area contributed by atoms with E-state index in [-0.39, 0.29) is 17.2 Å². The van der Waals surface area contributed by atoms with Crippen LogP contribution in [0.15, 0.2) is 24.3 Å². The zero-order valence-electron chi connectivity index (χ0n) is 16.0. The number of hydrogen-bond donors (Lipinski definition) is 1. The molecule has 0 aliphatic carbocycles. The van der Waals surface area contributed by atoms with E-state index in [0.717, 1.165) is 32.1 Å². The first-order chi connectivity index (χ1) is 11.8. The number of aromatic carboxylic acids is 1. The van der Waals surface area contributed by atoms with Crippen molar-refractivity contribution in [3.8, 4) is 0 Å². The summed E-state index contributed by atoms with van der Waals surface area (Å²) >= 11 is 0. The zero-order valence-corrected chi connectivity index (χ0v) is 16.0. The van der Waals surface area contributed by atoms with Gasteiger partial charge in [0.05, 0.1) is 11.1 Å². The number of carbonyl (C=O) groups excluding carboxylic acids is 1. The van der Waals surface area contributed by atoms with E-state index >= 15 is 0 Å². The molecule has 1 aromatic rings. The van der Waals surface area contributed by atoms with Crippen molar-refractivity contribution < 1.29 is 19.4 Å². The summed E-state index contributed by atoms with van der Waals surface area (Å²) in [6, 6.07) is 6.23. The van der Waals surface area contributed by atoms with Crippen LogP contribution in [-0.2, 0) is 4.74 Å². The Kier molecular flexibility index (Phi) is 9.25. The fourth-order valence-corrected chi connectivity index (χ4v) is 2.77. The van der Waals surface area contributed by atoms with Crippen molar-refractivity contribution in [2.75, 3.05) is 0 Å². The van der Waals surface area contributed by atoms with E-state index < -0.39 is 11.9 Å². The number of benzene rings is 1. The van der Waals surface area contributed by atoms with Crippen LogP contribution >= 0.6 is 0 Å². The van der Waals surface area contributed by atoms with Crippen molar-refractivity contribution in [1.29, 1.82) is 0 Å². The lowest BCUT2D eigenvalue weighted by Gasteiger charge is -2.20. The summed E-state index contributed by atoms with van der Waals surface area (Å²) in [4.78, 5) is 23.8. The molecule has 140 valence electrons. The van der Waals surface area contributed by atoms with Crippen molar-refractivity contribution >= 4 is 11.9 Å². The predicted octanol–water partition coefficient (Wildman–Crippen LogP) is 5.56. The van der Waals surface area contributed by atoms with E-state index in [0.29, 0.717) is 11.8 Å². The lowest BCUT2D eigenvalue weighted by molar-refractivity contribution is 0.0237. The summed E-state index contributed by atoms with van der Waals surface area (Å²) in [7, 11) is 0. The van der Waals surface area contributed by atoms with Crippen LogP contribution < -0.4 is 0 Å². The van der Waals surface area contributed by atoms with E-state index in [1.54, 1.807) is 12.1 Å². The lowest BCUT2D eigenvalue weighted by atomic mass is 9.99. The highest BCUT2D eigenvalue weighted by Crippen LogP contribution is 2.20. The maximum atomic E-state index is 12.5. The quantitative estimate of drug-likeness (QED) is 0.420. The van der Waals surface area contributed by atoms with Gasteiger partial charge in [-0.15, -0.1) is 0 Å². The van der Waals surface area contributed by atoms with Gasteiger partial charge in [-0.1, -0.05) is 52.7 Å². The molecule has 1 rings (SSSR count). The monoisotopic (exact) mass is 348 g/mol. The Labute approximate surface area is 151 Å². The molecule has 0 saturated heterocycles. The van der Waals surface area contributed by atoms with Crippen molar-refractivity contribution in [2.24, 2.45) is 11.8 Å². The number of esters is 1. The zero-order chi connectivity index (χ0) is 18.8. The van der Waals surface area contributed by atoms with E-state index in [9.17, 15) is 14.7 Å². The van der Waals surface area contributed by atoms with Gasteiger partial charge in [0.2, 0.25) is 0 Å². The molecule has 0 aliphatic heterocycles. The average molecular weight is 348 g/mol. The molecule has 1 atom stereocenters. The third-order valence-corrected chi connectivity index (χ3v) is 4.27. The SMILES string of the molecule is CC(C)CCCCC(CCC(C)C)OC(=O)c1ccccc1C(=O)O. The molecular weight excluding hydrogens is 316 g/mol. The van der Waals surface area contributed by atoms with Crippen LogP contribution in [0.5, 0.6) is 0 Å². The molecule has 4 heteroatoms. The molecule has 0 spiro atoms. The Morgan fingerprint density at radius 2 is 1.44 bits per heavy atom. The molecule has 1 unspecified atom stereocenters. The maximum absolute atomic E-state index is 12.5. The Bertz CT molecular complexity index is 549. The largest absolute Gasteiger partial charge is 0.478 e. The summed E-state index contributed by atoms with van der Waals surface area (Å²) in [5.74, 6) is -0.416. The molecule has 25 heavy (non-hydrogen) atoms. The molecule has 0 fully saturated rings. The number of hydrogen-bond acceptors (Lipinski definition) is 3. The van der Waals surface area contributed by atoms with Gasteiger partial charge in [0, 0.05) is 0 Å². The Balaban J connectivity index is 2.71. The Morgan fingerprint density at radius 3 is 2.00 bits per heavy atom. The molecule has 0 saturated carbocycles. The minimum absolute atomic E-state index is 0.00471. The number of carboxylic acids is 1. The second-order valence-electron chi connectivity index (χ2n) is 7.53. The van der Waals surface area contributed by atoms with Crippen LogP contribution in [0.3, 0.4) is 0 Å². The van der Waals surface area contributed by atoms with E-state index in [2.05, 4.69) is 27.7 Å². The second-order valence-corrected chi connectivity index (χ2v) is 7.53. The summed E-state index contributed by atoms with van der Waals surface area (Å²) in [5, 5.41) is 9.24. The topological polar surface area (TPSA) is 63.6 Å². The van der Waals surface area contributed by atoms with Crippen molar-refractivity contribution in [1.82, 2.24) is 0 Å². The lowest BCUT2D eigenvalue weighted by Crippen LogP contribution is -2.21. The second kappa shape index (κ2) is 10.9. The van der Waals surface area contributed by atoms with Gasteiger partial charge in [-0.05, 0) is 49.7 Å². The molecule has 0 heterocycles. The number of rotatable bonds is 11. The van der Waals surface area contributed by atoms with Crippen LogP contribution in [0.1, 0.15) is 86.9 Å². The van der Waals surface area contributed by atoms with Gasteiger partial charge in [-0.2, -0.15) is 0 Å². The first-order valence-electron chi connectivity index (χ1n) is 9.34. The smallest absolute Gasteiger partial charge is 0.339 e. The normalized spacial score (nSPS) is 12.4. The fourth-order valence-electron chi connectivity index (χ4n) is 2.77. The van der Waals surface area contributed by atoms with E-state index in [4.69, 9.17) is 4.74 Å². The van der Waals surface area contributed by atoms with Gasteiger partial charge in [0.15, 0.2) is 0 Å². The minimum Gasteiger partial charge on any atom is -0.478 e. The summed E-state index contributed by atoms with van der Waals surface area (Å²) in [6.07, 6.45) is 5.81. The number of ether oxygens (including phenoxy) is 1. The first-order valence-corrected chi connectivity index (χ1v) is 9.34. The minimum atomic E-state index is -1.11. The fraction of sp³-hybridized carbons (Fsp3) is 0.619. The van der Waals surface area contributed by atoms with E-state index in [1.165, 1.54) is 18.6 Å². The Hall–Kier alpha value is -1.84. The number of carboxylic acid groups (broad SMARTS) is 1. The first kappa shape index (κ1) is 21.2. The van der Waals surface area contributed by atoms with Crippen LogP contribution in [-0.4, -0.2) is 23.1 Å². The van der Waals surface area contributed by atoms with Gasteiger partial charge in [0.1, 0.15) is 6.10 Å². The molecule has 0 aliphatic rings.